The third-order valence-electron chi connectivity index (χ3n) is 11.1. The molecule has 0 aromatic heterocycles. The smallest absolute Gasteiger partial charge is 0.243 e. The van der Waals surface area contributed by atoms with E-state index in [1.165, 1.54) is 26.2 Å². The van der Waals surface area contributed by atoms with Crippen molar-refractivity contribution in [3.05, 3.63) is 0 Å². The molecule has 4 atom stereocenters. The van der Waals surface area contributed by atoms with E-state index in [0.717, 1.165) is 58.0 Å². The minimum absolute atomic E-state index is 0.0154. The highest BCUT2D eigenvalue weighted by molar-refractivity contribution is 5.94. The van der Waals surface area contributed by atoms with Crippen LogP contribution in [-0.2, 0) is 24.0 Å². The summed E-state index contributed by atoms with van der Waals surface area (Å²) >= 11 is 0. The molecule has 2 saturated heterocycles. The Labute approximate surface area is 257 Å². The number of piperidine rings is 1. The zero-order valence-electron chi connectivity index (χ0n) is 26.9. The molecule has 0 aromatic rings. The quantitative estimate of drug-likeness (QED) is 0.316. The number of hydrogen-bond donors (Lipinski definition) is 3. The Bertz CT molecular complexity index is 1020. The number of carbonyl (C=O) groups is 5. The molecule has 0 aromatic carbocycles. The standard InChI is InChI=1S/C33H55N5O5/c1-5-37-16-10-13-24(20-37)30(41)36-29(23-11-7-6-8-12-23)32(43)35-19-28(40)38-21-26(33(3,4)25-14-9-15-25)17-27(38)31(42)34-18-22(2)39/h23-27,29H,5-21H2,1-4H3,(H,34,42)(H,35,43)(H,36,41). The van der Waals surface area contributed by atoms with E-state index < -0.39 is 12.1 Å². The van der Waals surface area contributed by atoms with Gasteiger partial charge >= 0.3 is 0 Å². The summed E-state index contributed by atoms with van der Waals surface area (Å²) in [5, 5.41) is 8.66. The van der Waals surface area contributed by atoms with Gasteiger partial charge in [0, 0.05) is 13.1 Å². The van der Waals surface area contributed by atoms with Gasteiger partial charge in [0.2, 0.25) is 23.6 Å². The van der Waals surface area contributed by atoms with Gasteiger partial charge in [-0.1, -0.05) is 46.5 Å². The molecule has 10 nitrogen and oxygen atoms in total. The molecule has 4 fully saturated rings. The van der Waals surface area contributed by atoms with Crippen molar-refractivity contribution in [2.24, 2.45) is 29.1 Å². The Morgan fingerprint density at radius 1 is 0.814 bits per heavy atom. The number of nitrogens with zero attached hydrogens (tertiary/aromatic N) is 2. The summed E-state index contributed by atoms with van der Waals surface area (Å²) in [5.41, 5.74) is -0.0154. The third kappa shape index (κ3) is 8.37. The summed E-state index contributed by atoms with van der Waals surface area (Å²) in [7, 11) is 0. The lowest BCUT2D eigenvalue weighted by atomic mass is 9.61. The van der Waals surface area contributed by atoms with Gasteiger partial charge < -0.3 is 25.8 Å². The van der Waals surface area contributed by atoms with Crippen molar-refractivity contribution in [2.75, 3.05) is 39.3 Å². The van der Waals surface area contributed by atoms with E-state index in [2.05, 4.69) is 41.6 Å². The van der Waals surface area contributed by atoms with E-state index in [1.54, 1.807) is 4.90 Å². The monoisotopic (exact) mass is 601 g/mol. The summed E-state index contributed by atoms with van der Waals surface area (Å²) < 4.78 is 0. The molecule has 242 valence electrons. The summed E-state index contributed by atoms with van der Waals surface area (Å²) in [5.74, 6) is -0.524. The molecule has 2 aliphatic heterocycles. The molecule has 10 heteroatoms. The maximum Gasteiger partial charge on any atom is 0.243 e. The van der Waals surface area contributed by atoms with Gasteiger partial charge in [0.05, 0.1) is 19.0 Å². The van der Waals surface area contributed by atoms with Crippen molar-refractivity contribution in [2.45, 2.75) is 110 Å². The van der Waals surface area contributed by atoms with Crippen LogP contribution in [-0.4, -0.2) is 90.6 Å². The predicted octanol–water partition coefficient (Wildman–Crippen LogP) is 2.65. The number of carbonyl (C=O) groups excluding carboxylic acids is 5. The zero-order chi connectivity index (χ0) is 31.1. The lowest BCUT2D eigenvalue weighted by Crippen LogP contribution is -2.56. The summed E-state index contributed by atoms with van der Waals surface area (Å²) in [4.78, 5) is 69.2. The van der Waals surface area contributed by atoms with Crippen LogP contribution in [0.5, 0.6) is 0 Å². The second kappa shape index (κ2) is 15.0. The van der Waals surface area contributed by atoms with Gasteiger partial charge in [-0.25, -0.2) is 0 Å². The fraction of sp³-hybridized carbons (Fsp3) is 0.848. The topological polar surface area (TPSA) is 128 Å². The number of Topliss-reactive ketones (excluding diaryl/α,β-unsaturated/α-hetero) is 1. The molecular weight excluding hydrogens is 546 g/mol. The fourth-order valence-electron chi connectivity index (χ4n) is 7.78. The molecule has 4 amide bonds. The number of likely N-dealkylation sites (tertiary alicyclic amines) is 2. The lowest BCUT2D eigenvalue weighted by molar-refractivity contribution is -0.139. The Hall–Kier alpha value is -2.49. The van der Waals surface area contributed by atoms with Gasteiger partial charge in [0.1, 0.15) is 17.9 Å². The van der Waals surface area contributed by atoms with Crippen LogP contribution in [0.15, 0.2) is 0 Å². The van der Waals surface area contributed by atoms with Crippen molar-refractivity contribution in [1.82, 2.24) is 25.8 Å². The average Bonchev–Trinajstić information content (AvgIpc) is 3.43. The van der Waals surface area contributed by atoms with Crippen molar-refractivity contribution in [3.8, 4) is 0 Å². The minimum atomic E-state index is -0.672. The molecule has 43 heavy (non-hydrogen) atoms. The highest BCUT2D eigenvalue weighted by Gasteiger charge is 2.49. The van der Waals surface area contributed by atoms with Gasteiger partial charge in [0.25, 0.3) is 0 Å². The number of amides is 4. The van der Waals surface area contributed by atoms with E-state index in [4.69, 9.17) is 0 Å². The van der Waals surface area contributed by atoms with Gasteiger partial charge in [-0.15, -0.1) is 0 Å². The van der Waals surface area contributed by atoms with Gasteiger partial charge in [-0.2, -0.15) is 0 Å². The van der Waals surface area contributed by atoms with E-state index in [0.29, 0.717) is 25.4 Å². The first-order valence-electron chi connectivity index (χ1n) is 16.9. The number of rotatable bonds is 12. The second-order valence-corrected chi connectivity index (χ2v) is 14.2. The van der Waals surface area contributed by atoms with Gasteiger partial charge in [-0.3, -0.25) is 24.0 Å². The molecule has 4 unspecified atom stereocenters. The highest BCUT2D eigenvalue weighted by atomic mass is 16.2. The molecule has 0 spiro atoms. The largest absolute Gasteiger partial charge is 0.347 e. The molecule has 0 radical (unpaired) electrons. The van der Waals surface area contributed by atoms with Crippen LogP contribution in [0.4, 0.5) is 0 Å². The minimum Gasteiger partial charge on any atom is -0.347 e. The van der Waals surface area contributed by atoms with Crippen LogP contribution in [0.3, 0.4) is 0 Å². The number of hydrogen-bond acceptors (Lipinski definition) is 6. The van der Waals surface area contributed by atoms with Crippen LogP contribution in [0.1, 0.15) is 98.3 Å². The maximum atomic E-state index is 13.6. The Kier molecular flexibility index (Phi) is 11.6. The Morgan fingerprint density at radius 3 is 2.16 bits per heavy atom. The summed E-state index contributed by atoms with van der Waals surface area (Å²) in [6.07, 6.45) is 10.8. The molecule has 2 saturated carbocycles. The van der Waals surface area contributed by atoms with Crippen molar-refractivity contribution >= 4 is 29.4 Å². The number of ketones is 1. The molecule has 2 aliphatic carbocycles. The number of nitrogens with one attached hydrogen (secondary N) is 3. The van der Waals surface area contributed by atoms with Gasteiger partial charge in [0.15, 0.2) is 0 Å². The summed E-state index contributed by atoms with van der Waals surface area (Å²) in [6.45, 7) is 10.8. The predicted molar refractivity (Wildman–Crippen MR) is 165 cm³/mol. The van der Waals surface area contributed by atoms with Crippen LogP contribution in [0.2, 0.25) is 0 Å². The highest BCUT2D eigenvalue weighted by Crippen LogP contribution is 2.50. The molecule has 4 aliphatic rings. The molecule has 3 N–H and O–H groups in total. The van der Waals surface area contributed by atoms with Gasteiger partial charge in [-0.05, 0) is 88.1 Å². The van der Waals surface area contributed by atoms with Crippen molar-refractivity contribution in [3.63, 3.8) is 0 Å². The van der Waals surface area contributed by atoms with Crippen molar-refractivity contribution < 1.29 is 24.0 Å². The normalized spacial score (nSPS) is 26.3. The van der Waals surface area contributed by atoms with Crippen LogP contribution < -0.4 is 16.0 Å². The van der Waals surface area contributed by atoms with Crippen LogP contribution in [0.25, 0.3) is 0 Å². The molecule has 2 heterocycles. The Balaban J connectivity index is 1.42. The fourth-order valence-corrected chi connectivity index (χ4v) is 7.78. The molecule has 0 bridgehead atoms. The zero-order valence-corrected chi connectivity index (χ0v) is 26.9. The van der Waals surface area contributed by atoms with Crippen LogP contribution >= 0.6 is 0 Å². The van der Waals surface area contributed by atoms with E-state index in [-0.39, 0.29) is 65.7 Å². The molecular formula is C33H55N5O5. The van der Waals surface area contributed by atoms with E-state index in [1.807, 2.05) is 0 Å². The third-order valence-corrected chi connectivity index (χ3v) is 11.1. The second-order valence-electron chi connectivity index (χ2n) is 14.2. The molecule has 4 rings (SSSR count). The average molecular weight is 602 g/mol. The van der Waals surface area contributed by atoms with E-state index in [9.17, 15) is 24.0 Å². The first-order chi connectivity index (χ1) is 20.5. The van der Waals surface area contributed by atoms with E-state index >= 15 is 0 Å². The SMILES string of the molecule is CCN1CCCC(C(=O)NC(C(=O)NCC(=O)N2CC(C(C)(C)C3CCC3)CC2C(=O)NCC(C)=O)C2CCCCC2)C1. The van der Waals surface area contributed by atoms with Crippen LogP contribution in [0, 0.1) is 29.1 Å². The Morgan fingerprint density at radius 2 is 1.53 bits per heavy atom. The first-order valence-corrected chi connectivity index (χ1v) is 16.9. The lowest BCUT2D eigenvalue weighted by Gasteiger charge is -2.44. The maximum absolute atomic E-state index is 13.6. The van der Waals surface area contributed by atoms with Crippen molar-refractivity contribution in [1.29, 1.82) is 0 Å². The first kappa shape index (κ1) is 33.4. The summed E-state index contributed by atoms with van der Waals surface area (Å²) in [6, 6.07) is -1.34.